The van der Waals surface area contributed by atoms with Crippen LogP contribution in [0.15, 0.2) is 30.6 Å². The molecule has 0 atom stereocenters. The molecule has 1 amide bonds. The predicted octanol–water partition coefficient (Wildman–Crippen LogP) is 1.44. The first-order chi connectivity index (χ1) is 13.0. The molecule has 0 saturated heterocycles. The van der Waals surface area contributed by atoms with Crippen molar-refractivity contribution in [2.24, 2.45) is 0 Å². The summed E-state index contributed by atoms with van der Waals surface area (Å²) in [6.07, 6.45) is 3.71. The lowest BCUT2D eigenvalue weighted by Gasteiger charge is -2.11. The topological polar surface area (TPSA) is 88.6 Å². The molecule has 0 aliphatic carbocycles. The summed E-state index contributed by atoms with van der Waals surface area (Å²) < 4.78 is 10.5. The number of carbonyl (C=O) groups is 1. The molecule has 0 radical (unpaired) electrons. The van der Waals surface area contributed by atoms with Gasteiger partial charge < -0.3 is 25.0 Å². The third-order valence-electron chi connectivity index (χ3n) is 3.90. The minimum Gasteiger partial charge on any atom is -0.493 e. The summed E-state index contributed by atoms with van der Waals surface area (Å²) in [6, 6.07) is 5.70. The number of anilines is 1. The molecule has 0 aliphatic heterocycles. The Kier molecular flexibility index (Phi) is 7.81. The number of methoxy groups -OCH3 is 2. The van der Waals surface area contributed by atoms with E-state index in [1.807, 2.05) is 32.3 Å². The summed E-state index contributed by atoms with van der Waals surface area (Å²) >= 11 is 0. The van der Waals surface area contributed by atoms with Gasteiger partial charge in [-0.15, -0.1) is 0 Å². The number of aromatic nitrogens is 2. The van der Waals surface area contributed by atoms with Gasteiger partial charge in [-0.3, -0.25) is 4.79 Å². The van der Waals surface area contributed by atoms with Crippen LogP contribution in [0.1, 0.15) is 16.1 Å². The Hall–Kier alpha value is -2.87. The van der Waals surface area contributed by atoms with Crippen LogP contribution in [0.4, 0.5) is 5.82 Å². The van der Waals surface area contributed by atoms with Gasteiger partial charge in [0, 0.05) is 19.6 Å². The molecule has 0 fully saturated rings. The highest BCUT2D eigenvalue weighted by Gasteiger charge is 2.09. The minimum absolute atomic E-state index is 0.247. The van der Waals surface area contributed by atoms with Gasteiger partial charge in [0.2, 0.25) is 0 Å². The lowest BCUT2D eigenvalue weighted by molar-refractivity contribution is 0.0949. The van der Waals surface area contributed by atoms with Gasteiger partial charge in [-0.05, 0) is 38.2 Å². The standard InChI is InChI=1S/C19H27N5O3/c1-24(2)10-9-20-18-13-22-15(12-23-18)19(25)21-8-7-14-5-6-16(26-3)17(11-14)27-4/h5-6,11-13H,7-10H2,1-4H3,(H,20,23)(H,21,25). The van der Waals surface area contributed by atoms with E-state index in [4.69, 9.17) is 9.47 Å². The largest absolute Gasteiger partial charge is 0.493 e. The van der Waals surface area contributed by atoms with Gasteiger partial charge in [-0.25, -0.2) is 9.97 Å². The maximum atomic E-state index is 12.2. The number of hydrogen-bond acceptors (Lipinski definition) is 7. The van der Waals surface area contributed by atoms with Crippen LogP contribution in [0, 0.1) is 0 Å². The third-order valence-corrected chi connectivity index (χ3v) is 3.90. The van der Waals surface area contributed by atoms with Crippen LogP contribution in [-0.4, -0.2) is 68.7 Å². The van der Waals surface area contributed by atoms with Crippen LogP contribution in [0.25, 0.3) is 0 Å². The van der Waals surface area contributed by atoms with Gasteiger partial charge in [0.1, 0.15) is 11.5 Å². The van der Waals surface area contributed by atoms with Crippen molar-refractivity contribution >= 4 is 11.7 Å². The molecule has 2 N–H and O–H groups in total. The van der Waals surface area contributed by atoms with E-state index in [0.29, 0.717) is 36.0 Å². The minimum atomic E-state index is -0.247. The number of nitrogens with zero attached hydrogens (tertiary/aromatic N) is 3. The Labute approximate surface area is 159 Å². The molecule has 2 aromatic rings. The van der Waals surface area contributed by atoms with Crippen molar-refractivity contribution < 1.29 is 14.3 Å². The van der Waals surface area contributed by atoms with Gasteiger partial charge in [-0.1, -0.05) is 6.07 Å². The lowest BCUT2D eigenvalue weighted by Crippen LogP contribution is -2.27. The highest BCUT2D eigenvalue weighted by Crippen LogP contribution is 2.27. The zero-order valence-corrected chi connectivity index (χ0v) is 16.3. The molecule has 0 unspecified atom stereocenters. The highest BCUT2D eigenvalue weighted by atomic mass is 16.5. The number of ether oxygens (including phenoxy) is 2. The van der Waals surface area contributed by atoms with Crippen LogP contribution in [-0.2, 0) is 6.42 Å². The zero-order chi connectivity index (χ0) is 19.6. The van der Waals surface area contributed by atoms with Gasteiger partial charge >= 0.3 is 0 Å². The number of nitrogens with one attached hydrogen (secondary N) is 2. The Morgan fingerprint density at radius 1 is 1.07 bits per heavy atom. The van der Waals surface area contributed by atoms with Crippen LogP contribution < -0.4 is 20.1 Å². The second-order valence-corrected chi connectivity index (χ2v) is 6.21. The van der Waals surface area contributed by atoms with Gasteiger partial charge in [0.15, 0.2) is 11.5 Å². The van der Waals surface area contributed by atoms with E-state index in [2.05, 4.69) is 25.5 Å². The second kappa shape index (κ2) is 10.3. The van der Waals surface area contributed by atoms with E-state index in [-0.39, 0.29) is 5.91 Å². The van der Waals surface area contributed by atoms with Crippen LogP contribution in [0.3, 0.4) is 0 Å². The highest BCUT2D eigenvalue weighted by molar-refractivity contribution is 5.91. The quantitative estimate of drug-likeness (QED) is 0.651. The normalized spacial score (nSPS) is 10.6. The van der Waals surface area contributed by atoms with E-state index in [9.17, 15) is 4.79 Å². The molecule has 1 aromatic carbocycles. The van der Waals surface area contributed by atoms with Gasteiger partial charge in [0.25, 0.3) is 5.91 Å². The first-order valence-corrected chi connectivity index (χ1v) is 8.73. The first-order valence-electron chi connectivity index (χ1n) is 8.73. The molecule has 8 heteroatoms. The smallest absolute Gasteiger partial charge is 0.271 e. The van der Waals surface area contributed by atoms with Crippen molar-refractivity contribution in [3.63, 3.8) is 0 Å². The molecule has 146 valence electrons. The third kappa shape index (κ3) is 6.41. The molecule has 0 aliphatic rings. The number of amides is 1. The molecule has 0 spiro atoms. The average Bonchev–Trinajstić information content (AvgIpc) is 2.68. The van der Waals surface area contributed by atoms with Crippen molar-refractivity contribution in [3.8, 4) is 11.5 Å². The van der Waals surface area contributed by atoms with E-state index in [1.165, 1.54) is 6.20 Å². The zero-order valence-electron chi connectivity index (χ0n) is 16.3. The molecule has 8 nitrogen and oxygen atoms in total. The van der Waals surface area contributed by atoms with Crippen molar-refractivity contribution in [2.75, 3.05) is 53.3 Å². The molecule has 2 rings (SSSR count). The molecule has 0 saturated carbocycles. The first kappa shape index (κ1) is 20.4. The summed E-state index contributed by atoms with van der Waals surface area (Å²) in [7, 11) is 7.20. The van der Waals surface area contributed by atoms with Crippen molar-refractivity contribution in [3.05, 3.63) is 41.9 Å². The van der Waals surface area contributed by atoms with Crippen LogP contribution in [0.2, 0.25) is 0 Å². The summed E-state index contributed by atoms with van der Waals surface area (Å²) in [6.45, 7) is 2.14. The monoisotopic (exact) mass is 373 g/mol. The summed E-state index contributed by atoms with van der Waals surface area (Å²) in [5, 5.41) is 6.01. The molecule has 1 heterocycles. The number of rotatable bonds is 10. The van der Waals surface area contributed by atoms with Crippen molar-refractivity contribution in [2.45, 2.75) is 6.42 Å². The fraction of sp³-hybridized carbons (Fsp3) is 0.421. The summed E-state index contributed by atoms with van der Waals surface area (Å²) in [5.74, 6) is 1.76. The maximum Gasteiger partial charge on any atom is 0.271 e. The lowest BCUT2D eigenvalue weighted by atomic mass is 10.1. The SMILES string of the molecule is COc1ccc(CCNC(=O)c2cnc(NCCN(C)C)cn2)cc1OC. The predicted molar refractivity (Wildman–Crippen MR) is 105 cm³/mol. The Morgan fingerprint density at radius 2 is 1.85 bits per heavy atom. The van der Waals surface area contributed by atoms with Gasteiger partial charge in [0.05, 0.1) is 26.6 Å². The maximum absolute atomic E-state index is 12.2. The Balaban J connectivity index is 1.81. The molecular weight excluding hydrogens is 346 g/mol. The van der Waals surface area contributed by atoms with E-state index >= 15 is 0 Å². The van der Waals surface area contributed by atoms with E-state index in [0.717, 1.165) is 18.7 Å². The number of hydrogen-bond donors (Lipinski definition) is 2. The van der Waals surface area contributed by atoms with E-state index in [1.54, 1.807) is 20.4 Å². The molecular formula is C19H27N5O3. The number of likely N-dealkylation sites (N-methyl/N-ethyl adjacent to an activating group) is 1. The Bertz CT molecular complexity index is 735. The van der Waals surface area contributed by atoms with E-state index < -0.39 is 0 Å². The molecule has 27 heavy (non-hydrogen) atoms. The fourth-order valence-corrected chi connectivity index (χ4v) is 2.39. The van der Waals surface area contributed by atoms with Crippen LogP contribution in [0.5, 0.6) is 11.5 Å². The second-order valence-electron chi connectivity index (χ2n) is 6.21. The number of benzene rings is 1. The van der Waals surface area contributed by atoms with Gasteiger partial charge in [-0.2, -0.15) is 0 Å². The summed E-state index contributed by atoms with van der Waals surface area (Å²) in [5.41, 5.74) is 1.33. The summed E-state index contributed by atoms with van der Waals surface area (Å²) in [4.78, 5) is 22.6. The fourth-order valence-electron chi connectivity index (χ4n) is 2.39. The van der Waals surface area contributed by atoms with Crippen LogP contribution >= 0.6 is 0 Å². The molecule has 1 aromatic heterocycles. The molecule has 0 bridgehead atoms. The average molecular weight is 373 g/mol. The Morgan fingerprint density at radius 3 is 2.48 bits per heavy atom. The van der Waals surface area contributed by atoms with Crippen molar-refractivity contribution in [1.82, 2.24) is 20.2 Å². The van der Waals surface area contributed by atoms with Crippen molar-refractivity contribution in [1.29, 1.82) is 0 Å². The number of carbonyl (C=O) groups excluding carboxylic acids is 1.